The van der Waals surface area contributed by atoms with Crippen LogP contribution in [0.4, 0.5) is 0 Å². The van der Waals surface area contributed by atoms with E-state index in [-0.39, 0.29) is 12.5 Å². The highest BCUT2D eigenvalue weighted by Crippen LogP contribution is 2.22. The Bertz CT molecular complexity index is 651. The second-order valence-electron chi connectivity index (χ2n) is 8.78. The predicted octanol–water partition coefficient (Wildman–Crippen LogP) is 1.48. The van der Waals surface area contributed by atoms with Crippen LogP contribution in [0.2, 0.25) is 0 Å². The van der Waals surface area contributed by atoms with Crippen molar-refractivity contribution in [1.82, 2.24) is 5.32 Å². The summed E-state index contributed by atoms with van der Waals surface area (Å²) in [7, 11) is 0. The van der Waals surface area contributed by atoms with Crippen LogP contribution in [0, 0.1) is 0 Å². The van der Waals surface area contributed by atoms with Gasteiger partial charge in [0.15, 0.2) is 6.29 Å². The van der Waals surface area contributed by atoms with Gasteiger partial charge in [0.05, 0.1) is 25.4 Å². The average molecular weight is 500 g/mol. The van der Waals surface area contributed by atoms with Gasteiger partial charge < -0.3 is 40.3 Å². The van der Waals surface area contributed by atoms with Gasteiger partial charge in [-0.2, -0.15) is 0 Å². The number of aliphatic hydroxyl groups excluding tert-OH is 5. The van der Waals surface area contributed by atoms with Crippen LogP contribution < -0.4 is 5.32 Å². The number of allylic oxidation sites excluding steroid dienone is 5. The zero-order chi connectivity index (χ0) is 26.1. The second-order valence-corrected chi connectivity index (χ2v) is 8.78. The topological polar surface area (TPSA) is 149 Å². The van der Waals surface area contributed by atoms with Gasteiger partial charge in [-0.3, -0.25) is 4.79 Å². The molecule has 0 bridgehead atoms. The number of aliphatic hydroxyl groups is 5. The SMILES string of the molecule is C/C=C/CC/C=C/CC/C=C/C(O)C(COC1OC(CO)C(O)C(O)C1O)NC(=O)CCCCC. The summed E-state index contributed by atoms with van der Waals surface area (Å²) in [6.07, 6.45) is 10.2. The molecule has 7 atom stereocenters. The first-order valence-electron chi connectivity index (χ1n) is 12.7. The van der Waals surface area contributed by atoms with Crippen molar-refractivity contribution in [2.45, 2.75) is 108 Å². The van der Waals surface area contributed by atoms with E-state index in [1.807, 2.05) is 26.0 Å². The minimum atomic E-state index is -1.57. The van der Waals surface area contributed by atoms with Gasteiger partial charge in [-0.15, -0.1) is 0 Å². The van der Waals surface area contributed by atoms with E-state index in [9.17, 15) is 30.3 Å². The zero-order valence-corrected chi connectivity index (χ0v) is 21.0. The number of hydrogen-bond acceptors (Lipinski definition) is 8. The van der Waals surface area contributed by atoms with Crippen LogP contribution in [0.3, 0.4) is 0 Å². The fourth-order valence-corrected chi connectivity index (χ4v) is 3.60. The van der Waals surface area contributed by atoms with Gasteiger partial charge in [-0.25, -0.2) is 0 Å². The fourth-order valence-electron chi connectivity index (χ4n) is 3.60. The summed E-state index contributed by atoms with van der Waals surface area (Å²) in [5.74, 6) is -0.225. The van der Waals surface area contributed by atoms with Gasteiger partial charge in [0, 0.05) is 6.42 Å². The van der Waals surface area contributed by atoms with Crippen LogP contribution >= 0.6 is 0 Å². The maximum absolute atomic E-state index is 12.4. The van der Waals surface area contributed by atoms with E-state index in [1.165, 1.54) is 0 Å². The number of unbranched alkanes of at least 4 members (excludes halogenated alkanes) is 4. The molecule has 1 aliphatic rings. The van der Waals surface area contributed by atoms with E-state index in [2.05, 4.69) is 23.5 Å². The highest BCUT2D eigenvalue weighted by Gasteiger charge is 2.44. The molecule has 1 saturated heterocycles. The third kappa shape index (κ3) is 12.3. The van der Waals surface area contributed by atoms with Crippen LogP contribution in [-0.2, 0) is 14.3 Å². The molecule has 6 N–H and O–H groups in total. The van der Waals surface area contributed by atoms with Gasteiger partial charge in [-0.1, -0.05) is 56.2 Å². The van der Waals surface area contributed by atoms with Crippen LogP contribution in [0.1, 0.15) is 65.2 Å². The Kier molecular flexibility index (Phi) is 16.8. The second kappa shape index (κ2) is 18.6. The molecule has 1 fully saturated rings. The minimum absolute atomic E-state index is 0.210. The molecular formula is C26H45NO8. The Morgan fingerprint density at radius 2 is 1.66 bits per heavy atom. The lowest BCUT2D eigenvalue weighted by Gasteiger charge is -2.40. The van der Waals surface area contributed by atoms with E-state index >= 15 is 0 Å². The molecule has 0 aromatic rings. The average Bonchev–Trinajstić information content (AvgIpc) is 2.85. The highest BCUT2D eigenvalue weighted by atomic mass is 16.7. The lowest BCUT2D eigenvalue weighted by atomic mass is 9.99. The van der Waals surface area contributed by atoms with Crippen LogP contribution in [0.15, 0.2) is 36.5 Å². The Labute approximate surface area is 209 Å². The Morgan fingerprint density at radius 1 is 1.00 bits per heavy atom. The largest absolute Gasteiger partial charge is 0.394 e. The molecule has 1 heterocycles. The molecule has 9 nitrogen and oxygen atoms in total. The van der Waals surface area contributed by atoms with Crippen molar-refractivity contribution in [2.75, 3.05) is 13.2 Å². The summed E-state index contributed by atoms with van der Waals surface area (Å²) in [6, 6.07) is -0.816. The highest BCUT2D eigenvalue weighted by molar-refractivity contribution is 5.76. The van der Waals surface area contributed by atoms with Crippen molar-refractivity contribution in [2.24, 2.45) is 0 Å². The summed E-state index contributed by atoms with van der Waals surface area (Å²) in [4.78, 5) is 12.4. The van der Waals surface area contributed by atoms with Crippen molar-refractivity contribution in [1.29, 1.82) is 0 Å². The monoisotopic (exact) mass is 499 g/mol. The molecule has 0 aromatic carbocycles. The molecule has 9 heteroatoms. The summed E-state index contributed by atoms with van der Waals surface area (Å²) < 4.78 is 10.9. The van der Waals surface area contributed by atoms with Gasteiger partial charge in [0.2, 0.25) is 5.91 Å². The molecule has 0 aromatic heterocycles. The lowest BCUT2D eigenvalue weighted by molar-refractivity contribution is -0.302. The van der Waals surface area contributed by atoms with Gasteiger partial charge in [0.25, 0.3) is 0 Å². The molecule has 35 heavy (non-hydrogen) atoms. The fraction of sp³-hybridized carbons (Fsp3) is 0.731. The van der Waals surface area contributed by atoms with Crippen molar-refractivity contribution >= 4 is 5.91 Å². The van der Waals surface area contributed by atoms with Gasteiger partial charge in [0.1, 0.15) is 24.4 Å². The third-order valence-corrected chi connectivity index (χ3v) is 5.79. The van der Waals surface area contributed by atoms with Crippen LogP contribution in [-0.4, -0.2) is 87.5 Å². The molecular weight excluding hydrogens is 454 g/mol. The van der Waals surface area contributed by atoms with Crippen LogP contribution in [0.25, 0.3) is 0 Å². The third-order valence-electron chi connectivity index (χ3n) is 5.79. The molecule has 7 unspecified atom stereocenters. The maximum Gasteiger partial charge on any atom is 0.220 e. The van der Waals surface area contributed by atoms with Crippen molar-refractivity contribution in [3.8, 4) is 0 Å². The minimum Gasteiger partial charge on any atom is -0.394 e. The van der Waals surface area contributed by atoms with Crippen molar-refractivity contribution < 1.29 is 39.8 Å². The van der Waals surface area contributed by atoms with E-state index in [0.717, 1.165) is 44.9 Å². The summed E-state index contributed by atoms with van der Waals surface area (Å²) in [5, 5.41) is 52.8. The maximum atomic E-state index is 12.4. The first-order chi connectivity index (χ1) is 16.8. The Morgan fingerprint density at radius 3 is 2.29 bits per heavy atom. The number of carbonyl (C=O) groups is 1. The number of nitrogens with one attached hydrogen (secondary N) is 1. The van der Waals surface area contributed by atoms with Crippen LogP contribution in [0.5, 0.6) is 0 Å². The number of carbonyl (C=O) groups excluding carboxylic acids is 1. The Balaban J connectivity index is 2.67. The quantitative estimate of drug-likeness (QED) is 0.130. The smallest absolute Gasteiger partial charge is 0.220 e. The number of rotatable bonds is 17. The first-order valence-corrected chi connectivity index (χ1v) is 12.7. The molecule has 0 aliphatic carbocycles. The first kappa shape index (κ1) is 31.4. The molecule has 1 rings (SSSR count). The van der Waals surface area contributed by atoms with Crippen molar-refractivity contribution in [3.05, 3.63) is 36.5 Å². The zero-order valence-electron chi connectivity index (χ0n) is 21.0. The van der Waals surface area contributed by atoms with E-state index < -0.39 is 49.5 Å². The normalized spacial score (nSPS) is 27.1. The molecule has 0 radical (unpaired) electrons. The molecule has 1 amide bonds. The van der Waals surface area contributed by atoms with E-state index in [4.69, 9.17) is 9.47 Å². The van der Waals surface area contributed by atoms with E-state index in [1.54, 1.807) is 6.08 Å². The van der Waals surface area contributed by atoms with E-state index in [0.29, 0.717) is 6.42 Å². The standard InChI is InChI=1S/C26H45NO8/c1-3-5-7-8-9-10-11-12-14-15-20(29)19(27-22(30)16-13-6-4-2)18-34-26-25(33)24(32)23(31)21(17-28)35-26/h3,5,9-10,14-15,19-21,23-26,28-29,31-33H,4,6-8,11-13,16-18H2,1-2H3,(H,27,30)/b5-3+,10-9+,15-14+. The lowest BCUT2D eigenvalue weighted by Crippen LogP contribution is -2.60. The number of amides is 1. The number of ether oxygens (including phenoxy) is 2. The number of hydrogen-bond donors (Lipinski definition) is 6. The van der Waals surface area contributed by atoms with Gasteiger partial charge in [-0.05, 0) is 39.0 Å². The summed E-state index contributed by atoms with van der Waals surface area (Å²) in [6.45, 7) is 3.26. The molecule has 0 spiro atoms. The predicted molar refractivity (Wildman–Crippen MR) is 133 cm³/mol. The summed E-state index contributed by atoms with van der Waals surface area (Å²) >= 11 is 0. The molecule has 0 saturated carbocycles. The Hall–Kier alpha value is -1.59. The molecule has 1 aliphatic heterocycles. The molecule has 202 valence electrons. The van der Waals surface area contributed by atoms with Gasteiger partial charge >= 0.3 is 0 Å². The van der Waals surface area contributed by atoms with Crippen molar-refractivity contribution in [3.63, 3.8) is 0 Å². The summed E-state index contributed by atoms with van der Waals surface area (Å²) in [5.41, 5.74) is 0.